The second-order valence-electron chi connectivity index (χ2n) is 6.21. The number of methoxy groups -OCH3 is 1. The lowest BCUT2D eigenvalue weighted by molar-refractivity contribution is 0.0949. The molecule has 6 nitrogen and oxygen atoms in total. The molecule has 0 aliphatic heterocycles. The van der Waals surface area contributed by atoms with Crippen molar-refractivity contribution in [3.05, 3.63) is 76.7 Å². The van der Waals surface area contributed by atoms with Gasteiger partial charge < -0.3 is 15.4 Å². The van der Waals surface area contributed by atoms with E-state index in [2.05, 4.69) is 20.6 Å². The minimum absolute atomic E-state index is 0.255. The van der Waals surface area contributed by atoms with Crippen LogP contribution in [0.2, 0.25) is 5.02 Å². The van der Waals surface area contributed by atoms with Crippen molar-refractivity contribution in [2.75, 3.05) is 19.0 Å². The number of hydrogen-bond donors (Lipinski definition) is 2. The summed E-state index contributed by atoms with van der Waals surface area (Å²) in [6.45, 7) is 2.44. The number of aromatic nitrogens is 2. The summed E-state index contributed by atoms with van der Waals surface area (Å²) >= 11 is 6.12. The first-order chi connectivity index (χ1) is 13.6. The van der Waals surface area contributed by atoms with E-state index < -0.39 is 0 Å². The van der Waals surface area contributed by atoms with Gasteiger partial charge in [0.2, 0.25) is 0 Å². The van der Waals surface area contributed by atoms with Crippen molar-refractivity contribution in [2.45, 2.75) is 13.3 Å². The molecule has 3 rings (SSSR count). The average Bonchev–Trinajstić information content (AvgIpc) is 2.72. The maximum Gasteiger partial charge on any atom is 0.271 e. The molecule has 7 heteroatoms. The van der Waals surface area contributed by atoms with Crippen LogP contribution in [0.3, 0.4) is 0 Å². The standard InChI is InChI=1S/C21H21ClN4O2/c1-14-10-17(19(28-2)11-16(14)22)26-20-13-24-18(12-25-20)21(27)23-9-8-15-6-4-3-5-7-15/h3-7,10-13H,8-9H2,1-2H3,(H,23,27)(H,25,26). The van der Waals surface area contributed by atoms with E-state index in [1.165, 1.54) is 18.0 Å². The molecule has 0 spiro atoms. The van der Waals surface area contributed by atoms with Crippen molar-refractivity contribution >= 4 is 29.0 Å². The van der Waals surface area contributed by atoms with E-state index >= 15 is 0 Å². The number of carbonyl (C=O) groups is 1. The molecule has 144 valence electrons. The van der Waals surface area contributed by atoms with Gasteiger partial charge in [-0.3, -0.25) is 4.79 Å². The van der Waals surface area contributed by atoms with E-state index in [4.69, 9.17) is 16.3 Å². The number of carbonyl (C=O) groups excluding carboxylic acids is 1. The Kier molecular flexibility index (Phi) is 6.45. The number of nitrogens with one attached hydrogen (secondary N) is 2. The molecular weight excluding hydrogens is 376 g/mol. The fourth-order valence-electron chi connectivity index (χ4n) is 2.63. The van der Waals surface area contributed by atoms with E-state index in [0.29, 0.717) is 23.1 Å². The lowest BCUT2D eigenvalue weighted by atomic mass is 10.1. The molecule has 0 atom stereocenters. The van der Waals surface area contributed by atoms with Crippen LogP contribution >= 0.6 is 11.6 Å². The third-order valence-corrected chi connectivity index (χ3v) is 4.58. The summed E-state index contributed by atoms with van der Waals surface area (Å²) in [5.74, 6) is 0.843. The predicted molar refractivity (Wildman–Crippen MR) is 111 cm³/mol. The van der Waals surface area contributed by atoms with Crippen molar-refractivity contribution in [3.8, 4) is 5.75 Å². The molecule has 0 aliphatic rings. The van der Waals surface area contributed by atoms with Crippen LogP contribution in [0.15, 0.2) is 54.9 Å². The quantitative estimate of drug-likeness (QED) is 0.627. The molecule has 1 amide bonds. The molecule has 28 heavy (non-hydrogen) atoms. The Bertz CT molecular complexity index is 947. The first kappa shape index (κ1) is 19.6. The van der Waals surface area contributed by atoms with Gasteiger partial charge in [-0.25, -0.2) is 9.97 Å². The van der Waals surface area contributed by atoms with E-state index in [1.807, 2.05) is 43.3 Å². The van der Waals surface area contributed by atoms with Gasteiger partial charge in [0.1, 0.15) is 17.3 Å². The van der Waals surface area contributed by atoms with Crippen LogP contribution in [0.5, 0.6) is 5.75 Å². The van der Waals surface area contributed by atoms with Gasteiger partial charge in [-0.15, -0.1) is 0 Å². The van der Waals surface area contributed by atoms with Crippen LogP contribution in [-0.4, -0.2) is 29.5 Å². The zero-order chi connectivity index (χ0) is 19.9. The van der Waals surface area contributed by atoms with Crippen LogP contribution in [-0.2, 0) is 6.42 Å². The zero-order valence-electron chi connectivity index (χ0n) is 15.7. The molecular formula is C21H21ClN4O2. The van der Waals surface area contributed by atoms with Crippen molar-refractivity contribution in [1.29, 1.82) is 0 Å². The highest BCUT2D eigenvalue weighted by Crippen LogP contribution is 2.32. The van der Waals surface area contributed by atoms with Gasteiger partial charge in [0.05, 0.1) is 25.2 Å². The minimum Gasteiger partial charge on any atom is -0.495 e. The summed E-state index contributed by atoms with van der Waals surface area (Å²) < 4.78 is 5.34. The highest BCUT2D eigenvalue weighted by Gasteiger charge is 2.10. The van der Waals surface area contributed by atoms with E-state index in [0.717, 1.165) is 17.7 Å². The number of anilines is 2. The molecule has 1 aromatic heterocycles. The molecule has 0 fully saturated rings. The molecule has 1 heterocycles. The highest BCUT2D eigenvalue weighted by atomic mass is 35.5. The lowest BCUT2D eigenvalue weighted by Gasteiger charge is -2.12. The fraction of sp³-hybridized carbons (Fsp3) is 0.190. The Hall–Kier alpha value is -3.12. The minimum atomic E-state index is -0.255. The van der Waals surface area contributed by atoms with Gasteiger partial charge in [-0.05, 0) is 30.5 Å². The number of benzene rings is 2. The Morgan fingerprint density at radius 1 is 1.14 bits per heavy atom. The summed E-state index contributed by atoms with van der Waals surface area (Å²) in [5.41, 5.74) is 3.06. The third kappa shape index (κ3) is 4.98. The van der Waals surface area contributed by atoms with Gasteiger partial charge in [-0.2, -0.15) is 0 Å². The fourth-order valence-corrected chi connectivity index (χ4v) is 2.79. The normalized spacial score (nSPS) is 10.4. The monoisotopic (exact) mass is 396 g/mol. The maximum atomic E-state index is 12.2. The van der Waals surface area contributed by atoms with Crippen molar-refractivity contribution in [3.63, 3.8) is 0 Å². The molecule has 0 radical (unpaired) electrons. The number of aryl methyl sites for hydroxylation is 1. The summed E-state index contributed by atoms with van der Waals surface area (Å²) in [4.78, 5) is 20.7. The van der Waals surface area contributed by atoms with Gasteiger partial charge in [0.15, 0.2) is 0 Å². The number of ether oxygens (including phenoxy) is 1. The largest absolute Gasteiger partial charge is 0.495 e. The molecule has 2 aromatic carbocycles. The maximum absolute atomic E-state index is 12.2. The van der Waals surface area contributed by atoms with Crippen molar-refractivity contribution in [2.24, 2.45) is 0 Å². The van der Waals surface area contributed by atoms with Crippen LogP contribution < -0.4 is 15.4 Å². The van der Waals surface area contributed by atoms with E-state index in [1.54, 1.807) is 13.2 Å². The smallest absolute Gasteiger partial charge is 0.271 e. The average molecular weight is 397 g/mol. The first-order valence-electron chi connectivity index (χ1n) is 8.82. The highest BCUT2D eigenvalue weighted by molar-refractivity contribution is 6.31. The summed E-state index contributed by atoms with van der Waals surface area (Å²) in [5, 5.41) is 6.61. The molecule has 2 N–H and O–H groups in total. The topological polar surface area (TPSA) is 76.1 Å². The van der Waals surface area contributed by atoms with Crippen LogP contribution in [0.4, 0.5) is 11.5 Å². The third-order valence-electron chi connectivity index (χ3n) is 4.17. The zero-order valence-corrected chi connectivity index (χ0v) is 16.5. The molecule has 3 aromatic rings. The molecule has 0 saturated heterocycles. The first-order valence-corrected chi connectivity index (χ1v) is 9.20. The second-order valence-corrected chi connectivity index (χ2v) is 6.61. The summed E-state index contributed by atoms with van der Waals surface area (Å²) in [7, 11) is 1.57. The molecule has 0 unspecified atom stereocenters. The Morgan fingerprint density at radius 2 is 1.93 bits per heavy atom. The molecule has 0 aliphatic carbocycles. The SMILES string of the molecule is COc1cc(Cl)c(C)cc1Nc1cnc(C(=O)NCCc2ccccc2)cn1. The summed E-state index contributed by atoms with van der Waals surface area (Å²) in [6, 6.07) is 13.6. The predicted octanol–water partition coefficient (Wildman–Crippen LogP) is 4.16. The Morgan fingerprint density at radius 3 is 2.61 bits per heavy atom. The number of hydrogen-bond acceptors (Lipinski definition) is 5. The summed E-state index contributed by atoms with van der Waals surface area (Å²) in [6.07, 6.45) is 3.71. The van der Waals surface area contributed by atoms with Crippen LogP contribution in [0, 0.1) is 6.92 Å². The second kappa shape index (κ2) is 9.19. The molecule has 0 saturated carbocycles. The Labute approximate surface area is 168 Å². The van der Waals surface area contributed by atoms with E-state index in [9.17, 15) is 4.79 Å². The number of amides is 1. The van der Waals surface area contributed by atoms with Crippen molar-refractivity contribution < 1.29 is 9.53 Å². The van der Waals surface area contributed by atoms with Gasteiger partial charge >= 0.3 is 0 Å². The van der Waals surface area contributed by atoms with Gasteiger partial charge in [0, 0.05) is 17.6 Å². The van der Waals surface area contributed by atoms with E-state index in [-0.39, 0.29) is 11.6 Å². The molecule has 0 bridgehead atoms. The van der Waals surface area contributed by atoms with Gasteiger partial charge in [-0.1, -0.05) is 41.9 Å². The number of nitrogens with zero attached hydrogens (tertiary/aromatic N) is 2. The lowest BCUT2D eigenvalue weighted by Crippen LogP contribution is -2.26. The van der Waals surface area contributed by atoms with Crippen LogP contribution in [0.1, 0.15) is 21.6 Å². The van der Waals surface area contributed by atoms with Crippen LogP contribution in [0.25, 0.3) is 0 Å². The number of rotatable bonds is 7. The Balaban J connectivity index is 1.60. The van der Waals surface area contributed by atoms with Gasteiger partial charge in [0.25, 0.3) is 5.91 Å². The number of halogens is 1. The van der Waals surface area contributed by atoms with Crippen molar-refractivity contribution in [1.82, 2.24) is 15.3 Å².